The van der Waals surface area contributed by atoms with Crippen LogP contribution in [-0.2, 0) is 6.54 Å². The Hall–Kier alpha value is -3.54. The van der Waals surface area contributed by atoms with Crippen molar-refractivity contribution in [1.82, 2.24) is 24.1 Å². The normalized spacial score (nSPS) is 12.7. The predicted octanol–water partition coefficient (Wildman–Crippen LogP) is 7.08. The Morgan fingerprint density at radius 3 is 2.22 bits per heavy atom. The van der Waals surface area contributed by atoms with E-state index >= 15 is 0 Å². The van der Waals surface area contributed by atoms with E-state index < -0.39 is 0 Å². The molecule has 5 rings (SSSR count). The summed E-state index contributed by atoms with van der Waals surface area (Å²) >= 11 is 0. The van der Waals surface area contributed by atoms with Crippen LogP contribution in [0.3, 0.4) is 0 Å². The molecule has 0 saturated heterocycles. The quantitative estimate of drug-likeness (QED) is 0.211. The van der Waals surface area contributed by atoms with Gasteiger partial charge in [-0.1, -0.05) is 70.7 Å². The number of para-hydroxylation sites is 2. The van der Waals surface area contributed by atoms with E-state index in [1.807, 2.05) is 40.3 Å². The molecule has 0 unspecified atom stereocenters. The molecular weight excluding hydrogens is 446 g/mol. The van der Waals surface area contributed by atoms with Crippen LogP contribution in [0.15, 0.2) is 53.3 Å². The summed E-state index contributed by atoms with van der Waals surface area (Å²) in [5.74, 6) is 1.22. The molecule has 186 valence electrons. The average Bonchev–Trinajstić information content (AvgIpc) is 3.21. The molecule has 36 heavy (non-hydrogen) atoms. The van der Waals surface area contributed by atoms with Crippen LogP contribution in [0.1, 0.15) is 76.6 Å². The van der Waals surface area contributed by atoms with Crippen LogP contribution >= 0.6 is 0 Å². The standard InChI is InChI=1S/C30H35N5O/c1-5-7-8-9-12-19-34-21(4)31-28-26(30(34)36)27-29(33-25-14-11-10-13-24(25)32-27)35(28)23-17-15-22(16-18-23)20(3)6-2/h10-11,13-18,20H,5-9,12,19H2,1-4H3/t20-/m0/s1. The maximum Gasteiger partial charge on any atom is 0.265 e. The van der Waals surface area contributed by atoms with Crippen LogP contribution in [0.4, 0.5) is 0 Å². The van der Waals surface area contributed by atoms with Crippen LogP contribution in [0.5, 0.6) is 0 Å². The number of fused-ring (bicyclic) bond motifs is 4. The molecule has 0 saturated carbocycles. The van der Waals surface area contributed by atoms with Crippen molar-refractivity contribution < 1.29 is 0 Å². The Kier molecular flexibility index (Phi) is 6.86. The van der Waals surface area contributed by atoms with E-state index in [0.29, 0.717) is 34.7 Å². The maximum atomic E-state index is 13.9. The van der Waals surface area contributed by atoms with E-state index in [0.717, 1.165) is 41.8 Å². The molecular formula is C30H35N5O. The Balaban J connectivity index is 1.72. The molecule has 3 aromatic heterocycles. The van der Waals surface area contributed by atoms with Gasteiger partial charge in [-0.25, -0.2) is 15.0 Å². The van der Waals surface area contributed by atoms with Gasteiger partial charge in [-0.2, -0.15) is 0 Å². The summed E-state index contributed by atoms with van der Waals surface area (Å²) in [6.45, 7) is 9.26. The largest absolute Gasteiger partial charge is 0.296 e. The second-order valence-electron chi connectivity index (χ2n) is 9.85. The molecule has 2 aromatic carbocycles. The number of aryl methyl sites for hydroxylation is 1. The van der Waals surface area contributed by atoms with Crippen LogP contribution in [-0.4, -0.2) is 24.1 Å². The van der Waals surface area contributed by atoms with Gasteiger partial charge in [-0.3, -0.25) is 13.9 Å². The molecule has 0 radical (unpaired) electrons. The molecule has 3 heterocycles. The first-order valence-electron chi connectivity index (χ1n) is 13.3. The van der Waals surface area contributed by atoms with Crippen LogP contribution in [0, 0.1) is 6.92 Å². The van der Waals surface area contributed by atoms with Crippen molar-refractivity contribution in [3.8, 4) is 5.69 Å². The fourth-order valence-electron chi connectivity index (χ4n) is 5.00. The first-order chi connectivity index (χ1) is 17.5. The van der Waals surface area contributed by atoms with Gasteiger partial charge in [-0.15, -0.1) is 0 Å². The molecule has 0 aliphatic rings. The van der Waals surface area contributed by atoms with Gasteiger partial charge in [0.2, 0.25) is 0 Å². The number of hydrogen-bond acceptors (Lipinski definition) is 4. The zero-order valence-electron chi connectivity index (χ0n) is 21.8. The smallest absolute Gasteiger partial charge is 0.265 e. The number of unbranched alkanes of at least 4 members (excludes halogenated alkanes) is 4. The minimum Gasteiger partial charge on any atom is -0.296 e. The molecule has 0 fully saturated rings. The molecule has 0 aliphatic heterocycles. The van der Waals surface area contributed by atoms with Gasteiger partial charge in [0.25, 0.3) is 5.56 Å². The molecule has 6 heteroatoms. The Bertz CT molecular complexity index is 1580. The van der Waals surface area contributed by atoms with E-state index in [1.54, 1.807) is 0 Å². The third-order valence-electron chi connectivity index (χ3n) is 7.37. The first kappa shape index (κ1) is 24.2. The summed E-state index contributed by atoms with van der Waals surface area (Å²) in [4.78, 5) is 28.8. The average molecular weight is 482 g/mol. The molecule has 0 spiro atoms. The van der Waals surface area contributed by atoms with Crippen molar-refractivity contribution in [3.05, 3.63) is 70.3 Å². The number of aromatic nitrogens is 5. The lowest BCUT2D eigenvalue weighted by Gasteiger charge is -2.12. The first-order valence-corrected chi connectivity index (χ1v) is 13.3. The summed E-state index contributed by atoms with van der Waals surface area (Å²) in [7, 11) is 0. The lowest BCUT2D eigenvalue weighted by molar-refractivity contribution is 0.546. The van der Waals surface area contributed by atoms with Crippen molar-refractivity contribution in [2.75, 3.05) is 0 Å². The number of rotatable bonds is 9. The molecule has 0 aliphatic carbocycles. The van der Waals surface area contributed by atoms with Crippen molar-refractivity contribution in [1.29, 1.82) is 0 Å². The third kappa shape index (κ3) is 4.29. The highest BCUT2D eigenvalue weighted by molar-refractivity contribution is 6.05. The van der Waals surface area contributed by atoms with E-state index in [1.165, 1.54) is 24.8 Å². The summed E-state index contributed by atoms with van der Waals surface area (Å²) in [6, 6.07) is 16.4. The van der Waals surface area contributed by atoms with E-state index in [2.05, 4.69) is 45.0 Å². The van der Waals surface area contributed by atoms with Gasteiger partial charge >= 0.3 is 0 Å². The molecule has 0 bridgehead atoms. The molecule has 1 atom stereocenters. The second-order valence-corrected chi connectivity index (χ2v) is 9.85. The number of nitrogens with zero attached hydrogens (tertiary/aromatic N) is 5. The maximum absolute atomic E-state index is 13.9. The van der Waals surface area contributed by atoms with E-state index in [4.69, 9.17) is 15.0 Å². The van der Waals surface area contributed by atoms with Crippen molar-refractivity contribution in [3.63, 3.8) is 0 Å². The summed E-state index contributed by atoms with van der Waals surface area (Å²) < 4.78 is 3.82. The topological polar surface area (TPSA) is 65.6 Å². The van der Waals surface area contributed by atoms with Crippen LogP contribution in [0.2, 0.25) is 0 Å². The Morgan fingerprint density at radius 1 is 0.833 bits per heavy atom. The molecule has 5 aromatic rings. The zero-order chi connectivity index (χ0) is 25.2. The van der Waals surface area contributed by atoms with Gasteiger partial charge in [0.1, 0.15) is 16.7 Å². The van der Waals surface area contributed by atoms with E-state index in [-0.39, 0.29) is 5.56 Å². The van der Waals surface area contributed by atoms with Crippen molar-refractivity contribution in [2.45, 2.75) is 78.7 Å². The molecule has 0 amide bonds. The minimum atomic E-state index is -0.0300. The monoisotopic (exact) mass is 481 g/mol. The second kappa shape index (κ2) is 10.2. The summed E-state index contributed by atoms with van der Waals surface area (Å²) in [5.41, 5.74) is 5.71. The lowest BCUT2D eigenvalue weighted by Crippen LogP contribution is -2.24. The molecule has 6 nitrogen and oxygen atoms in total. The van der Waals surface area contributed by atoms with E-state index in [9.17, 15) is 4.79 Å². The van der Waals surface area contributed by atoms with Crippen molar-refractivity contribution >= 4 is 33.2 Å². The van der Waals surface area contributed by atoms with Gasteiger partial charge in [0.15, 0.2) is 11.3 Å². The van der Waals surface area contributed by atoms with Gasteiger partial charge in [-0.05, 0) is 55.5 Å². The summed E-state index contributed by atoms with van der Waals surface area (Å²) in [5, 5.41) is 0.549. The third-order valence-corrected chi connectivity index (χ3v) is 7.37. The minimum absolute atomic E-state index is 0.0300. The number of hydrogen-bond donors (Lipinski definition) is 0. The fourth-order valence-corrected chi connectivity index (χ4v) is 5.00. The lowest BCUT2D eigenvalue weighted by atomic mass is 9.99. The summed E-state index contributed by atoms with van der Waals surface area (Å²) in [6.07, 6.45) is 6.81. The Labute approximate surface area is 212 Å². The zero-order valence-corrected chi connectivity index (χ0v) is 21.8. The predicted molar refractivity (Wildman–Crippen MR) is 148 cm³/mol. The highest BCUT2D eigenvalue weighted by atomic mass is 16.1. The highest BCUT2D eigenvalue weighted by Gasteiger charge is 2.22. The Morgan fingerprint density at radius 2 is 1.53 bits per heavy atom. The SMILES string of the molecule is CCCCCCCn1c(C)nc2c(c1=O)c1nc3ccccc3nc1n2-c1ccc([C@@H](C)CC)cc1. The van der Waals surface area contributed by atoms with Gasteiger partial charge in [0, 0.05) is 12.2 Å². The van der Waals surface area contributed by atoms with Crippen LogP contribution < -0.4 is 5.56 Å². The van der Waals surface area contributed by atoms with Crippen LogP contribution in [0.25, 0.3) is 38.9 Å². The van der Waals surface area contributed by atoms with Gasteiger partial charge in [0.05, 0.1) is 11.0 Å². The number of benzene rings is 2. The van der Waals surface area contributed by atoms with Gasteiger partial charge < -0.3 is 0 Å². The molecule has 0 N–H and O–H groups in total. The van der Waals surface area contributed by atoms with Crippen molar-refractivity contribution in [2.24, 2.45) is 0 Å². The fraction of sp³-hybridized carbons (Fsp3) is 0.400. The highest BCUT2D eigenvalue weighted by Crippen LogP contribution is 2.30.